The molecule has 0 bridgehead atoms. The second-order valence-corrected chi connectivity index (χ2v) is 10.0. The molecule has 3 atom stereocenters. The molecule has 2 aromatic carbocycles. The zero-order valence-electron chi connectivity index (χ0n) is 16.5. The number of rotatable bonds is 5. The van der Waals surface area contributed by atoms with Crippen LogP contribution in [0.4, 0.5) is 0 Å². The fourth-order valence-corrected chi connectivity index (χ4v) is 6.80. The Hall–Kier alpha value is -2.18. The summed E-state index contributed by atoms with van der Waals surface area (Å²) >= 11 is 0. The van der Waals surface area contributed by atoms with E-state index >= 15 is 0 Å². The fraction of sp³-hybridized carbons (Fsp3) is 0.435. The van der Waals surface area contributed by atoms with Gasteiger partial charge in [0, 0.05) is 24.5 Å². The summed E-state index contributed by atoms with van der Waals surface area (Å²) in [5.74, 6) is 0.0384. The van der Waals surface area contributed by atoms with Crippen molar-refractivity contribution in [2.75, 3.05) is 0 Å². The number of sulfonamides is 1. The van der Waals surface area contributed by atoms with Crippen molar-refractivity contribution < 1.29 is 13.2 Å². The second-order valence-electron chi connectivity index (χ2n) is 8.14. The largest absolute Gasteiger partial charge is 0.352 e. The first-order valence-corrected chi connectivity index (χ1v) is 12.0. The highest BCUT2D eigenvalue weighted by Gasteiger charge is 2.47. The van der Waals surface area contributed by atoms with Crippen LogP contribution in [0.1, 0.15) is 43.2 Å². The van der Waals surface area contributed by atoms with Crippen molar-refractivity contribution in [3.63, 3.8) is 0 Å². The van der Waals surface area contributed by atoms with Crippen molar-refractivity contribution in [1.82, 2.24) is 9.62 Å². The predicted octanol–water partition coefficient (Wildman–Crippen LogP) is 3.26. The Balaban J connectivity index is 1.65. The van der Waals surface area contributed by atoms with Crippen LogP contribution in [0.5, 0.6) is 0 Å². The van der Waals surface area contributed by atoms with Crippen LogP contribution in [-0.4, -0.2) is 36.8 Å². The van der Waals surface area contributed by atoms with Crippen LogP contribution in [0.25, 0.3) is 0 Å². The molecule has 2 aliphatic heterocycles. The van der Waals surface area contributed by atoms with Gasteiger partial charge >= 0.3 is 0 Å². The van der Waals surface area contributed by atoms with Crippen LogP contribution < -0.4 is 5.32 Å². The van der Waals surface area contributed by atoms with Crippen molar-refractivity contribution in [2.45, 2.75) is 62.4 Å². The standard InChI is InChI=1S/C23H28N2O3S/c26-23-14-8-7-13-22-21(24-23)16-20(15-18-9-3-1-4-10-18)25(22)29(27,28)17-19-11-5-2-6-12-19/h1-6,9-12,20-22H,7-8,13-17H2,(H,24,26)/t20-,21+,22-/m1/s1. The lowest BCUT2D eigenvalue weighted by atomic mass is 9.98. The third kappa shape index (κ3) is 4.70. The minimum Gasteiger partial charge on any atom is -0.352 e. The lowest BCUT2D eigenvalue weighted by molar-refractivity contribution is -0.122. The van der Waals surface area contributed by atoms with Crippen LogP contribution in [0, 0.1) is 0 Å². The van der Waals surface area contributed by atoms with Crippen molar-refractivity contribution in [1.29, 1.82) is 0 Å². The van der Waals surface area contributed by atoms with Crippen LogP contribution >= 0.6 is 0 Å². The topological polar surface area (TPSA) is 66.5 Å². The first-order valence-electron chi connectivity index (χ1n) is 10.4. The number of nitrogens with zero attached hydrogens (tertiary/aromatic N) is 1. The van der Waals surface area contributed by atoms with Gasteiger partial charge in [0.1, 0.15) is 0 Å². The van der Waals surface area contributed by atoms with Gasteiger partial charge in [0.05, 0.1) is 5.75 Å². The molecular formula is C23H28N2O3S. The second kappa shape index (κ2) is 8.67. The lowest BCUT2D eigenvalue weighted by Gasteiger charge is -2.32. The molecule has 2 aliphatic rings. The highest BCUT2D eigenvalue weighted by atomic mass is 32.2. The van der Waals surface area contributed by atoms with Crippen molar-refractivity contribution in [2.24, 2.45) is 0 Å². The van der Waals surface area contributed by atoms with E-state index in [2.05, 4.69) is 5.32 Å². The molecule has 6 heteroatoms. The average Bonchev–Trinajstić information content (AvgIpc) is 3.01. The lowest BCUT2D eigenvalue weighted by Crippen LogP contribution is -2.49. The van der Waals surface area contributed by atoms with Gasteiger partial charge < -0.3 is 5.32 Å². The van der Waals surface area contributed by atoms with Gasteiger partial charge in [0.15, 0.2) is 0 Å². The van der Waals surface area contributed by atoms with E-state index in [1.54, 1.807) is 4.31 Å². The smallest absolute Gasteiger partial charge is 0.220 e. The predicted molar refractivity (Wildman–Crippen MR) is 114 cm³/mol. The molecule has 29 heavy (non-hydrogen) atoms. The molecule has 0 unspecified atom stereocenters. The third-order valence-electron chi connectivity index (χ3n) is 6.00. The molecule has 0 radical (unpaired) electrons. The molecule has 154 valence electrons. The van der Waals surface area contributed by atoms with E-state index in [0.717, 1.165) is 30.4 Å². The first-order chi connectivity index (χ1) is 14.0. The number of hydrogen-bond donors (Lipinski definition) is 1. The van der Waals surface area contributed by atoms with Crippen LogP contribution in [-0.2, 0) is 27.0 Å². The van der Waals surface area contributed by atoms with Gasteiger partial charge in [-0.05, 0) is 36.8 Å². The van der Waals surface area contributed by atoms with Gasteiger partial charge in [-0.15, -0.1) is 0 Å². The molecule has 2 fully saturated rings. The molecule has 0 saturated carbocycles. The summed E-state index contributed by atoms with van der Waals surface area (Å²) < 4.78 is 28.8. The number of fused-ring (bicyclic) bond motifs is 1. The Morgan fingerprint density at radius 3 is 2.28 bits per heavy atom. The Morgan fingerprint density at radius 1 is 0.931 bits per heavy atom. The summed E-state index contributed by atoms with van der Waals surface area (Å²) in [5.41, 5.74) is 1.92. The van der Waals surface area contributed by atoms with Crippen molar-refractivity contribution >= 4 is 15.9 Å². The molecule has 2 saturated heterocycles. The summed E-state index contributed by atoms with van der Waals surface area (Å²) in [7, 11) is -3.52. The van der Waals surface area contributed by atoms with Gasteiger partial charge in [-0.1, -0.05) is 67.1 Å². The highest BCUT2D eigenvalue weighted by molar-refractivity contribution is 7.88. The van der Waals surface area contributed by atoms with Gasteiger partial charge in [-0.25, -0.2) is 8.42 Å². The van der Waals surface area contributed by atoms with E-state index in [9.17, 15) is 13.2 Å². The number of amides is 1. The number of carbonyl (C=O) groups excluding carboxylic acids is 1. The Labute approximate surface area is 173 Å². The summed E-state index contributed by atoms with van der Waals surface area (Å²) in [6.45, 7) is 0. The summed E-state index contributed by atoms with van der Waals surface area (Å²) in [6, 6.07) is 19.0. The maximum Gasteiger partial charge on any atom is 0.220 e. The highest BCUT2D eigenvalue weighted by Crippen LogP contribution is 2.35. The number of nitrogens with one attached hydrogen (secondary N) is 1. The molecular weight excluding hydrogens is 384 g/mol. The first kappa shape index (κ1) is 20.1. The van der Waals surface area contributed by atoms with Crippen LogP contribution in [0.3, 0.4) is 0 Å². The van der Waals surface area contributed by atoms with E-state index in [1.807, 2.05) is 60.7 Å². The van der Waals surface area contributed by atoms with Crippen LogP contribution in [0.2, 0.25) is 0 Å². The Morgan fingerprint density at radius 2 is 1.59 bits per heavy atom. The molecule has 5 nitrogen and oxygen atoms in total. The maximum absolute atomic E-state index is 13.6. The molecule has 4 rings (SSSR count). The van der Waals surface area contributed by atoms with Crippen molar-refractivity contribution in [3.05, 3.63) is 71.8 Å². The van der Waals surface area contributed by atoms with E-state index in [0.29, 0.717) is 19.3 Å². The number of carbonyl (C=O) groups is 1. The minimum atomic E-state index is -3.52. The molecule has 0 spiro atoms. The monoisotopic (exact) mass is 412 g/mol. The van der Waals surface area contributed by atoms with Gasteiger partial charge in [-0.3, -0.25) is 4.79 Å². The van der Waals surface area contributed by atoms with E-state index < -0.39 is 10.0 Å². The minimum absolute atomic E-state index is 0.00367. The molecule has 2 aromatic rings. The summed E-state index contributed by atoms with van der Waals surface area (Å²) in [6.07, 6.45) is 4.35. The Kier molecular flexibility index (Phi) is 6.01. The summed E-state index contributed by atoms with van der Waals surface area (Å²) in [4.78, 5) is 12.2. The zero-order valence-corrected chi connectivity index (χ0v) is 17.4. The quantitative estimate of drug-likeness (QED) is 0.820. The molecule has 1 N–H and O–H groups in total. The van der Waals surface area contributed by atoms with Gasteiger partial charge in [-0.2, -0.15) is 4.31 Å². The van der Waals surface area contributed by atoms with E-state index in [4.69, 9.17) is 0 Å². The van der Waals surface area contributed by atoms with Crippen LogP contribution in [0.15, 0.2) is 60.7 Å². The number of benzene rings is 2. The fourth-order valence-electron chi connectivity index (χ4n) is 4.76. The number of hydrogen-bond acceptors (Lipinski definition) is 3. The maximum atomic E-state index is 13.6. The Bertz CT molecular complexity index is 931. The van der Waals surface area contributed by atoms with Crippen molar-refractivity contribution in [3.8, 4) is 0 Å². The molecule has 1 amide bonds. The van der Waals surface area contributed by atoms with E-state index in [1.165, 1.54) is 0 Å². The van der Waals surface area contributed by atoms with E-state index in [-0.39, 0.29) is 29.8 Å². The van der Waals surface area contributed by atoms with Gasteiger partial charge in [0.25, 0.3) is 0 Å². The SMILES string of the molecule is O=C1CCCC[C@@H]2[C@H](C[C@@H](Cc3ccccc3)N2S(=O)(=O)Cc2ccccc2)N1. The average molecular weight is 413 g/mol. The zero-order chi connectivity index (χ0) is 20.3. The molecule has 0 aromatic heterocycles. The molecule has 0 aliphatic carbocycles. The third-order valence-corrected chi connectivity index (χ3v) is 7.91. The molecule has 2 heterocycles. The summed E-state index contributed by atoms with van der Waals surface area (Å²) in [5, 5.41) is 3.12. The van der Waals surface area contributed by atoms with Gasteiger partial charge in [0.2, 0.25) is 15.9 Å². The normalized spacial score (nSPS) is 25.7.